The Kier molecular flexibility index (Phi) is 5.84. The Balaban J connectivity index is 1.72. The summed E-state index contributed by atoms with van der Waals surface area (Å²) in [4.78, 5) is 25.1. The van der Waals surface area contributed by atoms with Gasteiger partial charge in [-0.15, -0.1) is 0 Å². The summed E-state index contributed by atoms with van der Waals surface area (Å²) < 4.78 is 5.57. The average molecular weight is 349 g/mol. The SMILES string of the molecule is Cc1ccc(NC(=O)[C@@H](OC(=O)C[C@@H]2C=CCC2)c2ccccc2)cc1. The largest absolute Gasteiger partial charge is 0.447 e. The molecule has 1 aliphatic carbocycles. The van der Waals surface area contributed by atoms with Gasteiger partial charge in [0.2, 0.25) is 6.10 Å². The number of carbonyl (C=O) groups is 2. The number of amides is 1. The molecule has 0 aliphatic heterocycles. The highest BCUT2D eigenvalue weighted by molar-refractivity contribution is 5.96. The Hall–Kier alpha value is -2.88. The van der Waals surface area contributed by atoms with Crippen molar-refractivity contribution < 1.29 is 14.3 Å². The van der Waals surface area contributed by atoms with Crippen LogP contribution in [-0.4, -0.2) is 11.9 Å². The second-order valence-corrected chi connectivity index (χ2v) is 6.61. The molecular formula is C22H23NO3. The molecular weight excluding hydrogens is 326 g/mol. The van der Waals surface area contributed by atoms with Crippen LogP contribution in [-0.2, 0) is 14.3 Å². The van der Waals surface area contributed by atoms with Crippen molar-refractivity contribution in [3.63, 3.8) is 0 Å². The standard InChI is InChI=1S/C22H23NO3/c1-16-11-13-19(14-12-16)23-22(25)21(18-9-3-2-4-10-18)26-20(24)15-17-7-5-6-8-17/h2-5,7,9-14,17,21H,6,8,15H2,1H3,(H,23,25)/t17-,21+/m1/s1. The number of hydrogen-bond donors (Lipinski definition) is 1. The molecule has 0 heterocycles. The summed E-state index contributed by atoms with van der Waals surface area (Å²) >= 11 is 0. The molecule has 0 fully saturated rings. The van der Waals surface area contributed by atoms with Crippen molar-refractivity contribution in [3.8, 4) is 0 Å². The minimum Gasteiger partial charge on any atom is -0.447 e. The molecule has 0 unspecified atom stereocenters. The van der Waals surface area contributed by atoms with Gasteiger partial charge in [-0.05, 0) is 37.8 Å². The van der Waals surface area contributed by atoms with E-state index in [1.807, 2.05) is 55.5 Å². The van der Waals surface area contributed by atoms with Crippen molar-refractivity contribution in [1.82, 2.24) is 0 Å². The van der Waals surface area contributed by atoms with E-state index in [-0.39, 0.29) is 17.8 Å². The van der Waals surface area contributed by atoms with Crippen molar-refractivity contribution in [3.05, 3.63) is 77.9 Å². The van der Waals surface area contributed by atoms with E-state index in [1.54, 1.807) is 12.1 Å². The number of nitrogens with one attached hydrogen (secondary N) is 1. The van der Waals surface area contributed by atoms with E-state index in [2.05, 4.69) is 11.4 Å². The van der Waals surface area contributed by atoms with Gasteiger partial charge in [0.25, 0.3) is 5.91 Å². The van der Waals surface area contributed by atoms with Crippen LogP contribution in [0.1, 0.15) is 36.5 Å². The zero-order valence-electron chi connectivity index (χ0n) is 14.9. The van der Waals surface area contributed by atoms with Crippen LogP contribution >= 0.6 is 0 Å². The summed E-state index contributed by atoms with van der Waals surface area (Å²) in [5, 5.41) is 2.84. The van der Waals surface area contributed by atoms with E-state index < -0.39 is 6.10 Å². The van der Waals surface area contributed by atoms with Crippen molar-refractivity contribution in [1.29, 1.82) is 0 Å². The van der Waals surface area contributed by atoms with Gasteiger partial charge in [0.05, 0.1) is 6.42 Å². The number of hydrogen-bond acceptors (Lipinski definition) is 3. The van der Waals surface area contributed by atoms with Crippen LogP contribution < -0.4 is 5.32 Å². The molecule has 4 nitrogen and oxygen atoms in total. The van der Waals surface area contributed by atoms with Gasteiger partial charge >= 0.3 is 5.97 Å². The number of anilines is 1. The van der Waals surface area contributed by atoms with E-state index in [1.165, 1.54) is 0 Å². The van der Waals surface area contributed by atoms with Gasteiger partial charge in [-0.1, -0.05) is 60.2 Å². The Bertz CT molecular complexity index is 781. The lowest BCUT2D eigenvalue weighted by Crippen LogP contribution is -2.26. The molecule has 2 atom stereocenters. The van der Waals surface area contributed by atoms with Gasteiger partial charge in [0.1, 0.15) is 0 Å². The monoisotopic (exact) mass is 349 g/mol. The van der Waals surface area contributed by atoms with Crippen LogP contribution in [0.25, 0.3) is 0 Å². The van der Waals surface area contributed by atoms with Gasteiger partial charge in [-0.2, -0.15) is 0 Å². The van der Waals surface area contributed by atoms with E-state index >= 15 is 0 Å². The molecule has 1 aliphatic rings. The molecule has 0 bridgehead atoms. The average Bonchev–Trinajstić information content (AvgIpc) is 3.15. The molecule has 26 heavy (non-hydrogen) atoms. The first-order valence-corrected chi connectivity index (χ1v) is 8.90. The Morgan fingerprint density at radius 3 is 2.50 bits per heavy atom. The fraction of sp³-hybridized carbons (Fsp3) is 0.273. The van der Waals surface area contributed by atoms with E-state index in [4.69, 9.17) is 4.74 Å². The Labute approximate surface area is 153 Å². The number of ether oxygens (including phenoxy) is 1. The van der Waals surface area contributed by atoms with Gasteiger partial charge in [0, 0.05) is 11.3 Å². The Morgan fingerprint density at radius 2 is 1.85 bits per heavy atom. The van der Waals surface area contributed by atoms with Gasteiger partial charge in [-0.3, -0.25) is 9.59 Å². The molecule has 3 rings (SSSR count). The van der Waals surface area contributed by atoms with Crippen LogP contribution in [0, 0.1) is 12.8 Å². The molecule has 0 saturated heterocycles. The van der Waals surface area contributed by atoms with Gasteiger partial charge in [0.15, 0.2) is 0 Å². The van der Waals surface area contributed by atoms with Gasteiger partial charge < -0.3 is 10.1 Å². The molecule has 0 radical (unpaired) electrons. The molecule has 2 aromatic carbocycles. The highest BCUT2D eigenvalue weighted by Crippen LogP contribution is 2.25. The maximum atomic E-state index is 12.8. The second-order valence-electron chi connectivity index (χ2n) is 6.61. The maximum absolute atomic E-state index is 12.8. The van der Waals surface area contributed by atoms with E-state index in [9.17, 15) is 9.59 Å². The predicted molar refractivity (Wildman–Crippen MR) is 102 cm³/mol. The first-order valence-electron chi connectivity index (χ1n) is 8.90. The minimum absolute atomic E-state index is 0.207. The summed E-state index contributed by atoms with van der Waals surface area (Å²) in [6.07, 6.45) is 5.42. The molecule has 0 saturated carbocycles. The highest BCUT2D eigenvalue weighted by atomic mass is 16.5. The third-order valence-electron chi connectivity index (χ3n) is 4.45. The number of rotatable bonds is 6. The van der Waals surface area contributed by atoms with Crippen LogP contribution in [0.5, 0.6) is 0 Å². The number of carbonyl (C=O) groups excluding carboxylic acids is 2. The number of aryl methyl sites for hydroxylation is 1. The summed E-state index contributed by atoms with van der Waals surface area (Å²) in [5.41, 5.74) is 2.45. The third kappa shape index (κ3) is 4.82. The van der Waals surface area contributed by atoms with Crippen molar-refractivity contribution in [2.24, 2.45) is 5.92 Å². The molecule has 1 N–H and O–H groups in total. The van der Waals surface area contributed by atoms with E-state index in [0.717, 1.165) is 18.4 Å². The Morgan fingerprint density at radius 1 is 1.12 bits per heavy atom. The molecule has 1 amide bonds. The first kappa shape index (κ1) is 17.9. The minimum atomic E-state index is -0.963. The van der Waals surface area contributed by atoms with E-state index in [0.29, 0.717) is 17.7 Å². The fourth-order valence-electron chi connectivity index (χ4n) is 3.00. The van der Waals surface area contributed by atoms with Crippen LogP contribution in [0.3, 0.4) is 0 Å². The van der Waals surface area contributed by atoms with Crippen LogP contribution in [0.15, 0.2) is 66.7 Å². The van der Waals surface area contributed by atoms with Crippen LogP contribution in [0.4, 0.5) is 5.69 Å². The summed E-state index contributed by atoms with van der Waals surface area (Å²) in [6.45, 7) is 1.98. The maximum Gasteiger partial charge on any atom is 0.307 e. The fourth-order valence-corrected chi connectivity index (χ4v) is 3.00. The zero-order chi connectivity index (χ0) is 18.4. The summed E-state index contributed by atoms with van der Waals surface area (Å²) in [5.74, 6) is -0.496. The van der Waals surface area contributed by atoms with Crippen molar-refractivity contribution in [2.75, 3.05) is 5.32 Å². The second kappa shape index (κ2) is 8.48. The quantitative estimate of drug-likeness (QED) is 0.614. The molecule has 2 aromatic rings. The number of esters is 1. The summed E-state index contributed by atoms with van der Waals surface area (Å²) in [7, 11) is 0. The highest BCUT2D eigenvalue weighted by Gasteiger charge is 2.26. The lowest BCUT2D eigenvalue weighted by atomic mass is 10.1. The predicted octanol–water partition coefficient (Wildman–Crippen LogP) is 4.57. The molecule has 134 valence electrons. The smallest absolute Gasteiger partial charge is 0.307 e. The number of benzene rings is 2. The lowest BCUT2D eigenvalue weighted by molar-refractivity contribution is -0.155. The first-order chi connectivity index (χ1) is 12.6. The van der Waals surface area contributed by atoms with Crippen LogP contribution in [0.2, 0.25) is 0 Å². The summed E-state index contributed by atoms with van der Waals surface area (Å²) in [6, 6.07) is 16.6. The number of allylic oxidation sites excluding steroid dienone is 2. The zero-order valence-corrected chi connectivity index (χ0v) is 14.9. The topological polar surface area (TPSA) is 55.4 Å². The van der Waals surface area contributed by atoms with Gasteiger partial charge in [-0.25, -0.2) is 0 Å². The lowest BCUT2D eigenvalue weighted by Gasteiger charge is -2.19. The molecule has 0 spiro atoms. The molecule has 4 heteroatoms. The van der Waals surface area contributed by atoms with Crippen molar-refractivity contribution in [2.45, 2.75) is 32.3 Å². The normalized spacial score (nSPS) is 16.9. The molecule has 0 aromatic heterocycles. The third-order valence-corrected chi connectivity index (χ3v) is 4.45. The van der Waals surface area contributed by atoms with Crippen molar-refractivity contribution >= 4 is 17.6 Å².